The van der Waals surface area contributed by atoms with Crippen LogP contribution in [0.15, 0.2) is 47.8 Å². The van der Waals surface area contributed by atoms with Gasteiger partial charge in [-0.2, -0.15) is 0 Å². The van der Waals surface area contributed by atoms with Gasteiger partial charge in [-0.05, 0) is 103 Å². The van der Waals surface area contributed by atoms with Crippen LogP contribution in [0.25, 0.3) is 21.6 Å². The van der Waals surface area contributed by atoms with Crippen molar-refractivity contribution in [1.29, 1.82) is 0 Å². The summed E-state index contributed by atoms with van der Waals surface area (Å²) in [5.41, 5.74) is 12.7. The SMILES string of the molecule is COC(=O)c1nc(C(=O)NC2CCC(C)(C)CC2)ccc1-c1cc2c(cc1C(=O)Nc1c(C)cc(CN)cc1C)-c1sccc1CCO2. The number of anilines is 1. The number of benzene rings is 2. The Morgan fingerprint density at radius 1 is 1.00 bits per heavy atom. The van der Waals surface area contributed by atoms with Gasteiger partial charge in [0.05, 0.1) is 13.7 Å². The van der Waals surface area contributed by atoms with Gasteiger partial charge in [0.2, 0.25) is 0 Å². The number of methoxy groups -OCH3 is 1. The minimum atomic E-state index is -0.717. The van der Waals surface area contributed by atoms with Crippen molar-refractivity contribution in [3.8, 4) is 27.3 Å². The van der Waals surface area contributed by atoms with Crippen molar-refractivity contribution in [2.24, 2.45) is 11.1 Å². The molecule has 3 heterocycles. The molecule has 1 fully saturated rings. The van der Waals surface area contributed by atoms with Crippen LogP contribution in [-0.2, 0) is 17.7 Å². The Labute approximate surface area is 285 Å². The van der Waals surface area contributed by atoms with Crippen molar-refractivity contribution in [2.45, 2.75) is 72.4 Å². The maximum Gasteiger partial charge on any atom is 0.357 e. The van der Waals surface area contributed by atoms with Gasteiger partial charge in [-0.25, -0.2) is 9.78 Å². The maximum atomic E-state index is 14.3. The highest BCUT2D eigenvalue weighted by molar-refractivity contribution is 7.13. The fraction of sp³-hybridized carbons (Fsp3) is 0.368. The first-order valence-electron chi connectivity index (χ1n) is 16.4. The first-order chi connectivity index (χ1) is 23.0. The van der Waals surface area contributed by atoms with Crippen molar-refractivity contribution in [3.05, 3.63) is 87.0 Å². The number of nitrogens with two attached hydrogens (primary N) is 1. The van der Waals surface area contributed by atoms with Gasteiger partial charge in [-0.15, -0.1) is 11.3 Å². The van der Waals surface area contributed by atoms with E-state index in [0.29, 0.717) is 41.3 Å². The molecule has 4 N–H and O–H groups in total. The Bertz CT molecular complexity index is 1880. The zero-order valence-electron chi connectivity index (χ0n) is 28.1. The zero-order valence-corrected chi connectivity index (χ0v) is 28.9. The number of hydrogen-bond donors (Lipinski definition) is 3. The monoisotopic (exact) mass is 666 g/mol. The van der Waals surface area contributed by atoms with E-state index in [2.05, 4.69) is 35.5 Å². The standard InChI is InChI=1S/C38H42N4O5S/c1-21-16-23(20-39)17-22(2)32(21)42-35(43)28-18-29-31(47-14-10-24-11-15-48-34(24)29)19-27(28)26-6-7-30(41-33(26)37(45)46-5)36(44)40-25-8-12-38(3,4)13-9-25/h6-7,11,15-19,25H,8-10,12-14,20,39H2,1-5H3,(H,40,44)(H,42,43). The second-order valence-electron chi connectivity index (χ2n) is 13.5. The third-order valence-electron chi connectivity index (χ3n) is 9.52. The van der Waals surface area contributed by atoms with E-state index in [0.717, 1.165) is 64.8 Å². The molecule has 0 unspecified atom stereocenters. The number of carbonyl (C=O) groups excluding carboxylic acids is 3. The molecule has 0 atom stereocenters. The smallest absolute Gasteiger partial charge is 0.357 e. The van der Waals surface area contributed by atoms with E-state index < -0.39 is 5.97 Å². The number of nitrogens with zero attached hydrogens (tertiary/aromatic N) is 1. The molecule has 2 aromatic heterocycles. The Hall–Kier alpha value is -4.54. The van der Waals surface area contributed by atoms with Gasteiger partial charge in [-0.3, -0.25) is 9.59 Å². The summed E-state index contributed by atoms with van der Waals surface area (Å²) >= 11 is 1.59. The lowest BCUT2D eigenvalue weighted by molar-refractivity contribution is 0.0594. The minimum Gasteiger partial charge on any atom is -0.493 e. The molecule has 4 aromatic rings. The Morgan fingerprint density at radius 2 is 1.73 bits per heavy atom. The van der Waals surface area contributed by atoms with Gasteiger partial charge >= 0.3 is 5.97 Å². The van der Waals surface area contributed by atoms with E-state index in [1.165, 1.54) is 7.11 Å². The van der Waals surface area contributed by atoms with Crippen molar-refractivity contribution in [2.75, 3.05) is 19.0 Å². The first-order valence-corrected chi connectivity index (χ1v) is 17.3. The number of rotatable bonds is 7. The summed E-state index contributed by atoms with van der Waals surface area (Å²) in [7, 11) is 1.27. The lowest BCUT2D eigenvalue weighted by Crippen LogP contribution is -2.39. The largest absolute Gasteiger partial charge is 0.493 e. The van der Waals surface area contributed by atoms with E-state index in [1.54, 1.807) is 29.5 Å². The number of carbonyl (C=O) groups is 3. The summed E-state index contributed by atoms with van der Waals surface area (Å²) in [5.74, 6) is -0.831. The zero-order chi connectivity index (χ0) is 34.2. The average Bonchev–Trinajstić information content (AvgIpc) is 3.47. The summed E-state index contributed by atoms with van der Waals surface area (Å²) < 4.78 is 11.4. The van der Waals surface area contributed by atoms with E-state index in [9.17, 15) is 14.4 Å². The summed E-state index contributed by atoms with van der Waals surface area (Å²) in [6, 6.07) is 12.9. The van der Waals surface area contributed by atoms with Crippen LogP contribution in [0.5, 0.6) is 5.75 Å². The molecule has 2 aliphatic rings. The van der Waals surface area contributed by atoms with Crippen LogP contribution in [0.2, 0.25) is 0 Å². The average molecular weight is 667 g/mol. The normalized spacial score (nSPS) is 15.4. The van der Waals surface area contributed by atoms with E-state index >= 15 is 0 Å². The molecule has 2 amide bonds. The molecule has 48 heavy (non-hydrogen) atoms. The quantitative estimate of drug-likeness (QED) is 0.177. The van der Waals surface area contributed by atoms with Gasteiger partial charge in [0.25, 0.3) is 11.8 Å². The number of thiophene rings is 1. The number of fused-ring (bicyclic) bond motifs is 3. The fourth-order valence-corrected chi connectivity index (χ4v) is 7.71. The second kappa shape index (κ2) is 13.5. The predicted molar refractivity (Wildman–Crippen MR) is 189 cm³/mol. The van der Waals surface area contributed by atoms with Crippen LogP contribution in [0.4, 0.5) is 5.69 Å². The predicted octanol–water partition coefficient (Wildman–Crippen LogP) is 7.23. The van der Waals surface area contributed by atoms with E-state index in [4.69, 9.17) is 15.2 Å². The third kappa shape index (κ3) is 6.73. The summed E-state index contributed by atoms with van der Waals surface area (Å²) in [6.45, 7) is 9.22. The van der Waals surface area contributed by atoms with Crippen molar-refractivity contribution < 1.29 is 23.9 Å². The number of amides is 2. The number of ether oxygens (including phenoxy) is 2. The third-order valence-corrected chi connectivity index (χ3v) is 10.5. The fourth-order valence-electron chi connectivity index (χ4n) is 6.73. The van der Waals surface area contributed by atoms with Gasteiger partial charge in [0.15, 0.2) is 5.69 Å². The van der Waals surface area contributed by atoms with Crippen molar-refractivity contribution >= 4 is 34.8 Å². The highest BCUT2D eigenvalue weighted by atomic mass is 32.1. The van der Waals surface area contributed by atoms with Crippen LogP contribution in [-0.4, -0.2) is 42.5 Å². The van der Waals surface area contributed by atoms with Gasteiger partial charge in [0, 0.05) is 51.8 Å². The van der Waals surface area contributed by atoms with Crippen LogP contribution >= 0.6 is 11.3 Å². The molecule has 1 saturated carbocycles. The highest BCUT2D eigenvalue weighted by Gasteiger charge is 2.30. The number of aryl methyl sites for hydroxylation is 2. The maximum absolute atomic E-state index is 14.3. The number of aromatic nitrogens is 1. The van der Waals surface area contributed by atoms with E-state index in [-0.39, 0.29) is 34.7 Å². The van der Waals surface area contributed by atoms with Gasteiger partial charge < -0.3 is 25.8 Å². The molecule has 1 aliphatic heterocycles. The molecule has 250 valence electrons. The van der Waals surface area contributed by atoms with Crippen LogP contribution < -0.4 is 21.1 Å². The summed E-state index contributed by atoms with van der Waals surface area (Å²) in [5, 5.41) is 8.26. The minimum absolute atomic E-state index is 0.0404. The second-order valence-corrected chi connectivity index (χ2v) is 14.4. The molecule has 0 radical (unpaired) electrons. The summed E-state index contributed by atoms with van der Waals surface area (Å²) in [6.07, 6.45) is 4.54. The molecule has 0 spiro atoms. The Kier molecular flexibility index (Phi) is 9.40. The molecular weight excluding hydrogens is 625 g/mol. The molecule has 9 nitrogen and oxygen atoms in total. The topological polar surface area (TPSA) is 133 Å². The van der Waals surface area contributed by atoms with Crippen LogP contribution in [0.1, 0.15) is 93.1 Å². The molecule has 10 heteroatoms. The summed E-state index contributed by atoms with van der Waals surface area (Å²) in [4.78, 5) is 46.5. The van der Waals surface area contributed by atoms with Crippen LogP contribution in [0, 0.1) is 19.3 Å². The molecule has 2 aromatic carbocycles. The number of pyridine rings is 1. The number of nitrogens with one attached hydrogen (secondary N) is 2. The highest BCUT2D eigenvalue weighted by Crippen LogP contribution is 2.43. The lowest BCUT2D eigenvalue weighted by Gasteiger charge is -2.34. The lowest BCUT2D eigenvalue weighted by atomic mass is 9.75. The Balaban J connectivity index is 1.44. The molecular formula is C38H42N4O5S. The molecule has 0 bridgehead atoms. The van der Waals surface area contributed by atoms with Crippen molar-refractivity contribution in [1.82, 2.24) is 10.3 Å². The van der Waals surface area contributed by atoms with Crippen molar-refractivity contribution in [3.63, 3.8) is 0 Å². The molecule has 1 aliphatic carbocycles. The molecule has 0 saturated heterocycles. The van der Waals surface area contributed by atoms with Gasteiger partial charge in [0.1, 0.15) is 11.4 Å². The van der Waals surface area contributed by atoms with Crippen LogP contribution in [0.3, 0.4) is 0 Å². The first kappa shape index (κ1) is 33.4. The molecule has 6 rings (SSSR count). The van der Waals surface area contributed by atoms with Gasteiger partial charge in [-0.1, -0.05) is 26.0 Å². The Morgan fingerprint density at radius 3 is 2.42 bits per heavy atom. The van der Waals surface area contributed by atoms with E-state index in [1.807, 2.05) is 37.4 Å². The number of esters is 1. The number of hydrogen-bond acceptors (Lipinski definition) is 8.